The fraction of sp³-hybridized carbons (Fsp3) is 0.625. The van der Waals surface area contributed by atoms with Gasteiger partial charge in [0.1, 0.15) is 0 Å². The third kappa shape index (κ3) is 3.67. The van der Waals surface area contributed by atoms with E-state index in [9.17, 15) is 26.7 Å². The van der Waals surface area contributed by atoms with Gasteiger partial charge in [0, 0.05) is 0 Å². The molecule has 0 N–H and O–H groups in total. The highest BCUT2D eigenvalue weighted by Gasteiger charge is 2.62. The molecule has 0 saturated heterocycles. The molecule has 0 fully saturated rings. The first-order chi connectivity index (χ1) is 7.15. The van der Waals surface area contributed by atoms with E-state index in [2.05, 4.69) is 9.47 Å². The smallest absolute Gasteiger partial charge is 0.487 e. The first kappa shape index (κ1) is 14.7. The van der Waals surface area contributed by atoms with Gasteiger partial charge in [0.25, 0.3) is 0 Å². The minimum Gasteiger partial charge on any atom is -0.487 e. The maximum absolute atomic E-state index is 12.3. The molecular formula is C8H9F5O3. The van der Waals surface area contributed by atoms with Crippen LogP contribution >= 0.6 is 0 Å². The predicted octanol–water partition coefficient (Wildman–Crippen LogP) is 2.63. The Labute approximate surface area is 87.8 Å². The molecular weight excluding hydrogens is 239 g/mol. The lowest BCUT2D eigenvalue weighted by molar-refractivity contribution is -0.375. The molecule has 0 aliphatic rings. The van der Waals surface area contributed by atoms with Gasteiger partial charge in [0.2, 0.25) is 0 Å². The van der Waals surface area contributed by atoms with Crippen molar-refractivity contribution in [3.63, 3.8) is 0 Å². The molecule has 0 aliphatic heterocycles. The SMILES string of the molecule is CC=C(OCC)C(=O)OC(F)(F)C(F)(F)F. The lowest BCUT2D eigenvalue weighted by Crippen LogP contribution is -2.41. The van der Waals surface area contributed by atoms with Crippen LogP contribution in [0.25, 0.3) is 0 Å². The number of rotatable bonds is 4. The van der Waals surface area contributed by atoms with Crippen molar-refractivity contribution in [1.82, 2.24) is 0 Å². The predicted molar refractivity (Wildman–Crippen MR) is 42.5 cm³/mol. The van der Waals surface area contributed by atoms with Crippen LogP contribution < -0.4 is 0 Å². The summed E-state index contributed by atoms with van der Waals surface area (Å²) in [4.78, 5) is 10.8. The Morgan fingerprint density at radius 3 is 2.06 bits per heavy atom. The normalized spacial score (nSPS) is 13.6. The van der Waals surface area contributed by atoms with Crippen molar-refractivity contribution in [3.05, 3.63) is 11.8 Å². The first-order valence-electron chi connectivity index (χ1n) is 4.12. The third-order valence-corrected chi connectivity index (χ3v) is 1.31. The minimum atomic E-state index is -5.95. The summed E-state index contributed by atoms with van der Waals surface area (Å²) in [6, 6.07) is 0. The number of halogens is 5. The number of ether oxygens (including phenoxy) is 2. The van der Waals surface area contributed by atoms with E-state index in [4.69, 9.17) is 0 Å². The average Bonchev–Trinajstić information content (AvgIpc) is 2.11. The molecule has 0 aromatic rings. The van der Waals surface area contributed by atoms with Crippen molar-refractivity contribution in [2.75, 3.05) is 6.61 Å². The molecule has 0 aromatic carbocycles. The molecule has 0 amide bonds. The topological polar surface area (TPSA) is 35.5 Å². The lowest BCUT2D eigenvalue weighted by atomic mass is 10.4. The summed E-state index contributed by atoms with van der Waals surface area (Å²) < 4.78 is 67.0. The lowest BCUT2D eigenvalue weighted by Gasteiger charge is -2.19. The third-order valence-electron chi connectivity index (χ3n) is 1.31. The van der Waals surface area contributed by atoms with Crippen LogP contribution in [-0.4, -0.2) is 24.9 Å². The minimum absolute atomic E-state index is 0.0631. The fourth-order valence-corrected chi connectivity index (χ4v) is 0.640. The van der Waals surface area contributed by atoms with Gasteiger partial charge in [0.05, 0.1) is 6.61 Å². The summed E-state index contributed by atoms with van der Waals surface area (Å²) in [6.45, 7) is 2.60. The molecule has 8 heteroatoms. The zero-order chi connectivity index (χ0) is 13.0. The molecule has 0 radical (unpaired) electrons. The molecule has 0 unspecified atom stereocenters. The number of esters is 1. The van der Waals surface area contributed by atoms with Crippen LogP contribution in [0.2, 0.25) is 0 Å². The molecule has 0 aromatic heterocycles. The summed E-state index contributed by atoms with van der Waals surface area (Å²) in [5, 5.41) is 0. The molecule has 0 rings (SSSR count). The quantitative estimate of drug-likeness (QED) is 0.332. The van der Waals surface area contributed by atoms with Crippen LogP contribution in [0.4, 0.5) is 22.0 Å². The van der Waals surface area contributed by atoms with Gasteiger partial charge < -0.3 is 9.47 Å². The highest BCUT2D eigenvalue weighted by Crippen LogP contribution is 2.36. The van der Waals surface area contributed by atoms with Gasteiger partial charge in [-0.1, -0.05) is 0 Å². The van der Waals surface area contributed by atoms with Crippen molar-refractivity contribution in [2.45, 2.75) is 26.1 Å². The average molecular weight is 248 g/mol. The molecule has 0 bridgehead atoms. The van der Waals surface area contributed by atoms with Gasteiger partial charge in [0.15, 0.2) is 5.76 Å². The highest BCUT2D eigenvalue weighted by atomic mass is 19.4. The molecule has 3 nitrogen and oxygen atoms in total. The van der Waals surface area contributed by atoms with Gasteiger partial charge >= 0.3 is 18.3 Å². The van der Waals surface area contributed by atoms with Crippen molar-refractivity contribution in [3.8, 4) is 0 Å². The van der Waals surface area contributed by atoms with Crippen molar-refractivity contribution < 1.29 is 36.2 Å². The van der Waals surface area contributed by atoms with E-state index in [-0.39, 0.29) is 6.61 Å². The van der Waals surface area contributed by atoms with Gasteiger partial charge in [-0.05, 0) is 19.9 Å². The summed E-state index contributed by atoms with van der Waals surface area (Å²) in [6.07, 6.45) is -10.6. The molecule has 0 atom stereocenters. The van der Waals surface area contributed by atoms with Crippen LogP contribution in [0.3, 0.4) is 0 Å². The second-order valence-corrected chi connectivity index (χ2v) is 2.49. The van der Waals surface area contributed by atoms with Gasteiger partial charge in [-0.25, -0.2) is 4.79 Å². The van der Waals surface area contributed by atoms with Gasteiger partial charge in [-0.3, -0.25) is 0 Å². The molecule has 0 aliphatic carbocycles. The Bertz CT molecular complexity index is 282. The number of alkyl halides is 5. The van der Waals surface area contributed by atoms with Crippen molar-refractivity contribution in [2.24, 2.45) is 0 Å². The molecule has 16 heavy (non-hydrogen) atoms. The number of hydrogen-bond donors (Lipinski definition) is 0. The van der Waals surface area contributed by atoms with Crippen molar-refractivity contribution in [1.29, 1.82) is 0 Å². The summed E-state index contributed by atoms with van der Waals surface area (Å²) in [7, 11) is 0. The van der Waals surface area contributed by atoms with E-state index < -0.39 is 24.0 Å². The zero-order valence-electron chi connectivity index (χ0n) is 8.40. The second-order valence-electron chi connectivity index (χ2n) is 2.49. The largest absolute Gasteiger partial charge is 0.501 e. The van der Waals surface area contributed by atoms with Gasteiger partial charge in [-0.15, -0.1) is 0 Å². The Kier molecular flexibility index (Phi) is 4.70. The summed E-state index contributed by atoms with van der Waals surface area (Å²) >= 11 is 0. The molecule has 94 valence electrons. The highest BCUT2D eigenvalue weighted by molar-refractivity contribution is 5.86. The van der Waals surface area contributed by atoms with Gasteiger partial charge in [-0.2, -0.15) is 22.0 Å². The van der Waals surface area contributed by atoms with Crippen LogP contribution in [0.1, 0.15) is 13.8 Å². The van der Waals surface area contributed by atoms with E-state index in [0.717, 1.165) is 6.08 Å². The standard InChI is InChI=1S/C8H9F5O3/c1-3-5(15-4-2)6(14)16-8(12,13)7(9,10)11/h3H,4H2,1-2H3. The van der Waals surface area contributed by atoms with Crippen LogP contribution in [0.5, 0.6) is 0 Å². The van der Waals surface area contributed by atoms with Crippen LogP contribution in [-0.2, 0) is 14.3 Å². The number of allylic oxidation sites excluding steroid dienone is 1. The summed E-state index contributed by atoms with van der Waals surface area (Å²) in [5.74, 6) is -2.57. The van der Waals surface area contributed by atoms with E-state index in [1.165, 1.54) is 13.8 Å². The Hall–Kier alpha value is -1.34. The van der Waals surface area contributed by atoms with E-state index in [0.29, 0.717) is 0 Å². The second kappa shape index (κ2) is 5.13. The summed E-state index contributed by atoms with van der Waals surface area (Å²) in [5.41, 5.74) is 0. The van der Waals surface area contributed by atoms with Crippen molar-refractivity contribution >= 4 is 5.97 Å². The zero-order valence-corrected chi connectivity index (χ0v) is 8.40. The van der Waals surface area contributed by atoms with Crippen LogP contribution in [0, 0.1) is 0 Å². The Morgan fingerprint density at radius 1 is 1.25 bits per heavy atom. The van der Waals surface area contributed by atoms with E-state index >= 15 is 0 Å². The fourth-order valence-electron chi connectivity index (χ4n) is 0.640. The van der Waals surface area contributed by atoms with E-state index in [1.807, 2.05) is 0 Å². The number of carbonyl (C=O) groups is 1. The first-order valence-corrected chi connectivity index (χ1v) is 4.12. The monoisotopic (exact) mass is 248 g/mol. The number of hydrogen-bond acceptors (Lipinski definition) is 3. The molecule has 0 spiro atoms. The van der Waals surface area contributed by atoms with Crippen LogP contribution in [0.15, 0.2) is 11.8 Å². The van der Waals surface area contributed by atoms with E-state index in [1.54, 1.807) is 0 Å². The maximum atomic E-state index is 12.3. The Balaban J connectivity index is 4.68. The Morgan fingerprint density at radius 2 is 1.75 bits per heavy atom. The number of carbonyl (C=O) groups excluding carboxylic acids is 1. The molecule has 0 saturated carbocycles. The molecule has 0 heterocycles. The maximum Gasteiger partial charge on any atom is 0.501 e.